The molecule has 2 aromatic rings. The van der Waals surface area contributed by atoms with Crippen LogP contribution < -0.4 is 0 Å². The molecule has 2 saturated heterocycles. The fraction of sp³-hybridized carbons (Fsp3) is 0.476. The van der Waals surface area contributed by atoms with Crippen LogP contribution in [-0.2, 0) is 20.7 Å². The van der Waals surface area contributed by atoms with E-state index in [2.05, 4.69) is 0 Å². The van der Waals surface area contributed by atoms with E-state index < -0.39 is 0 Å². The number of hydrogen-bond acceptors (Lipinski definition) is 4. The van der Waals surface area contributed by atoms with E-state index in [1.165, 1.54) is 0 Å². The van der Waals surface area contributed by atoms with E-state index in [0.717, 1.165) is 43.0 Å². The zero-order valence-corrected chi connectivity index (χ0v) is 14.9. The number of aryl methyl sites for hydroxylation is 1. The molecule has 2 aliphatic rings. The van der Waals surface area contributed by atoms with Crippen molar-refractivity contribution in [3.8, 4) is 11.3 Å². The van der Waals surface area contributed by atoms with Crippen LogP contribution in [0, 0.1) is 5.92 Å². The van der Waals surface area contributed by atoms with Gasteiger partial charge in [-0.2, -0.15) is 0 Å². The van der Waals surface area contributed by atoms with Gasteiger partial charge >= 0.3 is 0 Å². The van der Waals surface area contributed by atoms with Crippen LogP contribution in [0.3, 0.4) is 0 Å². The summed E-state index contributed by atoms with van der Waals surface area (Å²) >= 11 is 0. The molecule has 0 unspecified atom stereocenters. The summed E-state index contributed by atoms with van der Waals surface area (Å²) in [6.07, 6.45) is 2.97. The number of hydrogen-bond donors (Lipinski definition) is 0. The highest BCUT2D eigenvalue weighted by atomic mass is 16.7. The molecule has 1 amide bonds. The average molecular weight is 355 g/mol. The zero-order chi connectivity index (χ0) is 17.8. The molecule has 0 N–H and O–H groups in total. The van der Waals surface area contributed by atoms with E-state index in [0.29, 0.717) is 32.0 Å². The largest absolute Gasteiger partial charge is 0.461 e. The van der Waals surface area contributed by atoms with Gasteiger partial charge in [-0.3, -0.25) is 4.79 Å². The van der Waals surface area contributed by atoms with Gasteiger partial charge in [0, 0.05) is 37.4 Å². The summed E-state index contributed by atoms with van der Waals surface area (Å²) < 4.78 is 17.1. The van der Waals surface area contributed by atoms with Crippen LogP contribution in [0.1, 0.15) is 25.0 Å². The van der Waals surface area contributed by atoms with E-state index >= 15 is 0 Å². The molecule has 0 aliphatic carbocycles. The molecule has 5 heteroatoms. The van der Waals surface area contributed by atoms with E-state index in [1.807, 2.05) is 47.4 Å². The van der Waals surface area contributed by atoms with Gasteiger partial charge in [0.05, 0.1) is 13.2 Å². The van der Waals surface area contributed by atoms with Gasteiger partial charge in [0.25, 0.3) is 0 Å². The van der Waals surface area contributed by atoms with Crippen LogP contribution in [-0.4, -0.2) is 43.4 Å². The smallest absolute Gasteiger partial charge is 0.223 e. The highest BCUT2D eigenvalue weighted by molar-refractivity contribution is 5.76. The first kappa shape index (κ1) is 17.3. The van der Waals surface area contributed by atoms with Gasteiger partial charge in [-0.15, -0.1) is 0 Å². The van der Waals surface area contributed by atoms with E-state index in [4.69, 9.17) is 13.9 Å². The number of likely N-dealkylation sites (tertiary alicyclic amines) is 1. The normalized spacial score (nSPS) is 19.2. The van der Waals surface area contributed by atoms with Crippen molar-refractivity contribution in [2.75, 3.05) is 26.3 Å². The minimum Gasteiger partial charge on any atom is -0.461 e. The van der Waals surface area contributed by atoms with Crippen molar-refractivity contribution in [2.24, 2.45) is 5.92 Å². The van der Waals surface area contributed by atoms with Gasteiger partial charge in [-0.1, -0.05) is 30.3 Å². The Hall–Kier alpha value is -2.11. The van der Waals surface area contributed by atoms with Crippen molar-refractivity contribution < 1.29 is 18.7 Å². The number of carbonyl (C=O) groups is 1. The second kappa shape index (κ2) is 8.06. The molecule has 0 atom stereocenters. The summed E-state index contributed by atoms with van der Waals surface area (Å²) in [4.78, 5) is 14.5. The van der Waals surface area contributed by atoms with Crippen LogP contribution in [0.5, 0.6) is 0 Å². The number of furan rings is 1. The van der Waals surface area contributed by atoms with Crippen LogP contribution in [0.4, 0.5) is 0 Å². The molecule has 3 heterocycles. The van der Waals surface area contributed by atoms with Gasteiger partial charge in [0.1, 0.15) is 11.5 Å². The molecule has 138 valence electrons. The Morgan fingerprint density at radius 2 is 1.73 bits per heavy atom. The lowest BCUT2D eigenvalue weighted by Crippen LogP contribution is -2.41. The Bertz CT molecular complexity index is 713. The summed E-state index contributed by atoms with van der Waals surface area (Å²) in [5, 5.41) is 0. The molecule has 2 aliphatic heterocycles. The number of amides is 1. The molecular formula is C21H25NO4. The Morgan fingerprint density at radius 1 is 1.00 bits per heavy atom. The number of rotatable bonds is 5. The first-order valence-electron chi connectivity index (χ1n) is 9.45. The van der Waals surface area contributed by atoms with Gasteiger partial charge in [0.15, 0.2) is 6.29 Å². The summed E-state index contributed by atoms with van der Waals surface area (Å²) in [6.45, 7) is 2.97. The Balaban J connectivity index is 1.25. The molecule has 1 aromatic carbocycles. The second-order valence-corrected chi connectivity index (χ2v) is 6.96. The van der Waals surface area contributed by atoms with Crippen molar-refractivity contribution >= 4 is 5.91 Å². The Kier molecular flexibility index (Phi) is 5.37. The van der Waals surface area contributed by atoms with Crippen molar-refractivity contribution in [3.05, 3.63) is 48.2 Å². The predicted molar refractivity (Wildman–Crippen MR) is 97.5 cm³/mol. The fourth-order valence-corrected chi connectivity index (χ4v) is 3.73. The Morgan fingerprint density at radius 3 is 2.46 bits per heavy atom. The maximum atomic E-state index is 12.5. The molecule has 2 fully saturated rings. The van der Waals surface area contributed by atoms with E-state index in [9.17, 15) is 4.79 Å². The lowest BCUT2D eigenvalue weighted by molar-refractivity contribution is -0.136. The monoisotopic (exact) mass is 355 g/mol. The third kappa shape index (κ3) is 4.00. The fourth-order valence-electron chi connectivity index (χ4n) is 3.73. The first-order chi connectivity index (χ1) is 12.8. The van der Waals surface area contributed by atoms with E-state index in [-0.39, 0.29) is 12.2 Å². The molecule has 0 radical (unpaired) electrons. The molecule has 26 heavy (non-hydrogen) atoms. The lowest BCUT2D eigenvalue weighted by atomic mass is 9.96. The second-order valence-electron chi connectivity index (χ2n) is 6.96. The zero-order valence-electron chi connectivity index (χ0n) is 14.9. The lowest BCUT2D eigenvalue weighted by Gasteiger charge is -2.33. The molecule has 5 nitrogen and oxygen atoms in total. The number of nitrogens with zero attached hydrogens (tertiary/aromatic N) is 1. The number of piperidine rings is 1. The van der Waals surface area contributed by atoms with Gasteiger partial charge in [-0.25, -0.2) is 0 Å². The summed E-state index contributed by atoms with van der Waals surface area (Å²) in [6, 6.07) is 14.0. The van der Waals surface area contributed by atoms with Crippen molar-refractivity contribution in [1.29, 1.82) is 0 Å². The number of benzene rings is 1. The van der Waals surface area contributed by atoms with Crippen molar-refractivity contribution in [1.82, 2.24) is 4.90 Å². The topological polar surface area (TPSA) is 51.9 Å². The van der Waals surface area contributed by atoms with E-state index in [1.54, 1.807) is 0 Å². The average Bonchev–Trinajstić information content (AvgIpc) is 3.39. The minimum absolute atomic E-state index is 0.0632. The summed E-state index contributed by atoms with van der Waals surface area (Å²) in [5.74, 6) is 2.33. The van der Waals surface area contributed by atoms with Gasteiger partial charge in [0.2, 0.25) is 5.91 Å². The summed E-state index contributed by atoms with van der Waals surface area (Å²) in [7, 11) is 0. The third-order valence-electron chi connectivity index (χ3n) is 5.23. The molecular weight excluding hydrogens is 330 g/mol. The number of ether oxygens (including phenoxy) is 2. The Labute approximate surface area is 153 Å². The van der Waals surface area contributed by atoms with Crippen LogP contribution >= 0.6 is 0 Å². The minimum atomic E-state index is -0.0632. The molecule has 1 aromatic heterocycles. The predicted octanol–water partition coefficient (Wildman–Crippen LogP) is 3.49. The van der Waals surface area contributed by atoms with Crippen LogP contribution in [0.25, 0.3) is 11.3 Å². The molecule has 4 rings (SSSR count). The van der Waals surface area contributed by atoms with Crippen molar-refractivity contribution in [2.45, 2.75) is 32.0 Å². The highest BCUT2D eigenvalue weighted by Gasteiger charge is 2.31. The molecule has 0 spiro atoms. The van der Waals surface area contributed by atoms with Crippen LogP contribution in [0.15, 0.2) is 46.9 Å². The molecule has 0 saturated carbocycles. The van der Waals surface area contributed by atoms with Gasteiger partial charge < -0.3 is 18.8 Å². The molecule has 0 bridgehead atoms. The standard InChI is InChI=1S/C21H25NO4/c23-20(22-12-10-17(11-13-22)21-24-14-15-25-21)9-7-18-6-8-19(26-18)16-4-2-1-3-5-16/h1-6,8,17,21H,7,9-15H2. The first-order valence-corrected chi connectivity index (χ1v) is 9.45. The van der Waals surface area contributed by atoms with Gasteiger partial charge in [-0.05, 0) is 25.0 Å². The van der Waals surface area contributed by atoms with Crippen molar-refractivity contribution in [3.63, 3.8) is 0 Å². The highest BCUT2D eigenvalue weighted by Crippen LogP contribution is 2.26. The quantitative estimate of drug-likeness (QED) is 0.824. The summed E-state index contributed by atoms with van der Waals surface area (Å²) in [5.41, 5.74) is 1.06. The van der Waals surface area contributed by atoms with Crippen LogP contribution in [0.2, 0.25) is 0 Å². The number of carbonyl (C=O) groups excluding carboxylic acids is 1. The maximum absolute atomic E-state index is 12.5. The maximum Gasteiger partial charge on any atom is 0.223 e. The SMILES string of the molecule is O=C(CCc1ccc(-c2ccccc2)o1)N1CCC(C2OCCO2)CC1. The third-order valence-corrected chi connectivity index (χ3v) is 5.23.